The number of ether oxygens (including phenoxy) is 1. The van der Waals surface area contributed by atoms with Crippen LogP contribution in [0.2, 0.25) is 0 Å². The minimum absolute atomic E-state index is 0.238. The van der Waals surface area contributed by atoms with Gasteiger partial charge in [0.05, 0.1) is 25.7 Å². The quantitative estimate of drug-likeness (QED) is 0.0356. The van der Waals surface area contributed by atoms with Crippen molar-refractivity contribution in [2.45, 2.75) is 252 Å². The van der Waals surface area contributed by atoms with Gasteiger partial charge in [-0.3, -0.25) is 47.9 Å². The molecule has 0 radical (unpaired) electrons. The predicted octanol–water partition coefficient (Wildman–Crippen LogP) is 1.27. The molecule has 1 rings (SSSR count). The van der Waals surface area contributed by atoms with E-state index in [1.54, 1.807) is 69.2 Å². The Morgan fingerprint density at radius 2 is 0.963 bits per heavy atom. The SMILES string of the molecule is CCCCCCCCCC(O)CC(=O)NC(C(=O)NC(CCC(=O)O)C(=O)NC1C(=O)NC(C(C)CC)C(=O)NC(C(C)CC)C(=O)NC(CO)C(=O)NC(C(C)CC)C(=O)NC(CO)C(=O)NC(C(C)CC)C(=O)OC1C)C(C)CC. The number of hydrogen-bond acceptors (Lipinski definition) is 15. The number of nitrogens with one attached hydrogen (secondary N) is 9. The molecule has 0 aromatic heterocycles. The van der Waals surface area contributed by atoms with Gasteiger partial charge in [0, 0.05) is 6.42 Å². The minimum Gasteiger partial charge on any atom is -0.481 e. The summed E-state index contributed by atoms with van der Waals surface area (Å²) in [4.78, 5) is 153. The van der Waals surface area contributed by atoms with Crippen molar-refractivity contribution in [3.63, 3.8) is 0 Å². The maximum Gasteiger partial charge on any atom is 0.329 e. The van der Waals surface area contributed by atoms with Crippen molar-refractivity contribution in [1.82, 2.24) is 47.9 Å². The van der Waals surface area contributed by atoms with E-state index in [4.69, 9.17) is 4.74 Å². The Morgan fingerprint density at radius 1 is 0.537 bits per heavy atom. The Hall–Kier alpha value is -5.95. The topological polar surface area (TPSA) is 386 Å². The van der Waals surface area contributed by atoms with Gasteiger partial charge in [0.1, 0.15) is 60.5 Å². The number of aliphatic hydroxyl groups is 3. The largest absolute Gasteiger partial charge is 0.481 e. The molecule has 1 aliphatic rings. The van der Waals surface area contributed by atoms with Gasteiger partial charge in [-0.1, -0.05) is 153 Å². The van der Waals surface area contributed by atoms with Gasteiger partial charge in [-0.25, -0.2) is 4.79 Å². The second-order valence-corrected chi connectivity index (χ2v) is 22.3. The van der Waals surface area contributed by atoms with E-state index >= 15 is 0 Å². The van der Waals surface area contributed by atoms with Crippen LogP contribution in [0.3, 0.4) is 0 Å². The third-order valence-electron chi connectivity index (χ3n) is 15.8. The molecule has 0 aromatic rings. The third-order valence-corrected chi connectivity index (χ3v) is 15.8. The molecular weight excluding hydrogens is 1070 g/mol. The van der Waals surface area contributed by atoms with E-state index in [-0.39, 0.29) is 19.3 Å². The van der Waals surface area contributed by atoms with E-state index in [1.165, 1.54) is 6.92 Å². The lowest BCUT2D eigenvalue weighted by Crippen LogP contribution is -2.64. The third kappa shape index (κ3) is 24.9. The van der Waals surface area contributed by atoms with E-state index in [0.717, 1.165) is 38.5 Å². The van der Waals surface area contributed by atoms with E-state index in [2.05, 4.69) is 54.8 Å². The zero-order valence-corrected chi connectivity index (χ0v) is 50.7. The molecular formula is C57H101N9O16. The van der Waals surface area contributed by atoms with Crippen LogP contribution in [-0.4, -0.2) is 165 Å². The van der Waals surface area contributed by atoms with Crippen molar-refractivity contribution in [2.24, 2.45) is 29.6 Å². The fraction of sp³-hybridized carbons (Fsp3) is 0.807. The van der Waals surface area contributed by atoms with Crippen molar-refractivity contribution in [2.75, 3.05) is 13.2 Å². The number of cyclic esters (lactones) is 1. The van der Waals surface area contributed by atoms with E-state index in [0.29, 0.717) is 32.1 Å². The molecule has 25 nitrogen and oxygen atoms in total. The molecule has 1 heterocycles. The van der Waals surface area contributed by atoms with Crippen molar-refractivity contribution >= 4 is 65.1 Å². The minimum atomic E-state index is -1.95. The van der Waals surface area contributed by atoms with Gasteiger partial charge in [-0.2, -0.15) is 0 Å². The van der Waals surface area contributed by atoms with Crippen LogP contribution < -0.4 is 47.9 Å². The lowest BCUT2D eigenvalue weighted by Gasteiger charge is -2.33. The highest BCUT2D eigenvalue weighted by Crippen LogP contribution is 2.19. The molecule has 1 aliphatic heterocycles. The number of aliphatic hydroxyl groups excluding tert-OH is 3. The lowest BCUT2D eigenvalue weighted by atomic mass is 9.94. The van der Waals surface area contributed by atoms with Crippen molar-refractivity contribution in [3.05, 3.63) is 0 Å². The Labute approximate surface area is 484 Å². The number of carboxylic acid groups (broad SMARTS) is 1. The zero-order chi connectivity index (χ0) is 62.4. The number of rotatable bonds is 30. The van der Waals surface area contributed by atoms with Crippen molar-refractivity contribution in [3.8, 4) is 0 Å². The molecule has 0 aliphatic carbocycles. The van der Waals surface area contributed by atoms with E-state index in [1.807, 2.05) is 0 Å². The van der Waals surface area contributed by atoms with Crippen LogP contribution in [0.5, 0.6) is 0 Å². The number of amides is 9. The average Bonchev–Trinajstić information content (AvgIpc) is 3.44. The molecule has 16 atom stereocenters. The number of carboxylic acids is 1. The molecule has 13 N–H and O–H groups in total. The van der Waals surface area contributed by atoms with Gasteiger partial charge >= 0.3 is 11.9 Å². The fourth-order valence-electron chi connectivity index (χ4n) is 9.04. The summed E-state index contributed by atoms with van der Waals surface area (Å²) in [5, 5.41) is 64.1. The zero-order valence-electron chi connectivity index (χ0n) is 50.7. The Kier molecular flexibility index (Phi) is 35.0. The monoisotopic (exact) mass is 1170 g/mol. The molecule has 0 spiro atoms. The lowest BCUT2D eigenvalue weighted by molar-refractivity contribution is -0.158. The van der Waals surface area contributed by atoms with Crippen LogP contribution in [0.4, 0.5) is 0 Å². The number of carbonyl (C=O) groups excluding carboxylic acids is 10. The number of aliphatic carboxylic acids is 1. The smallest absolute Gasteiger partial charge is 0.329 e. The first-order valence-electron chi connectivity index (χ1n) is 29.7. The summed E-state index contributed by atoms with van der Waals surface area (Å²) >= 11 is 0. The summed E-state index contributed by atoms with van der Waals surface area (Å²) in [5.41, 5.74) is 0. The Bertz CT molecular complexity index is 2080. The molecule has 470 valence electrons. The number of esters is 1. The van der Waals surface area contributed by atoms with Crippen LogP contribution in [0, 0.1) is 29.6 Å². The molecule has 9 amide bonds. The number of hydrogen-bond donors (Lipinski definition) is 13. The van der Waals surface area contributed by atoms with Gasteiger partial charge in [-0.05, 0) is 49.4 Å². The van der Waals surface area contributed by atoms with Crippen LogP contribution >= 0.6 is 0 Å². The molecule has 0 aromatic carbocycles. The number of unbranched alkanes of at least 4 members (excludes halogenated alkanes) is 6. The molecule has 25 heteroatoms. The summed E-state index contributed by atoms with van der Waals surface area (Å²) in [7, 11) is 0. The highest BCUT2D eigenvalue weighted by atomic mass is 16.5. The van der Waals surface area contributed by atoms with Gasteiger partial charge < -0.3 is 73.0 Å². The summed E-state index contributed by atoms with van der Waals surface area (Å²) in [6.07, 6.45) is 4.66. The van der Waals surface area contributed by atoms with Gasteiger partial charge in [-0.15, -0.1) is 0 Å². The van der Waals surface area contributed by atoms with Gasteiger partial charge in [0.15, 0.2) is 0 Å². The van der Waals surface area contributed by atoms with Crippen molar-refractivity contribution in [1.29, 1.82) is 0 Å². The normalized spacial score (nSPS) is 24.9. The predicted molar refractivity (Wildman–Crippen MR) is 304 cm³/mol. The molecule has 82 heavy (non-hydrogen) atoms. The van der Waals surface area contributed by atoms with Crippen LogP contribution in [-0.2, 0) is 57.5 Å². The van der Waals surface area contributed by atoms with Crippen LogP contribution in [0.15, 0.2) is 0 Å². The molecule has 0 bridgehead atoms. The summed E-state index contributed by atoms with van der Waals surface area (Å²) < 4.78 is 5.86. The highest BCUT2D eigenvalue weighted by molar-refractivity contribution is 5.99. The summed E-state index contributed by atoms with van der Waals surface area (Å²) in [6, 6.07) is -14.1. The fourth-order valence-corrected chi connectivity index (χ4v) is 9.04. The second kappa shape index (κ2) is 38.8. The standard InChI is InChI=1S/C57H101N9O16/c1-13-19-20-21-22-23-24-25-37(69)28-41(70)61-43(31(7)14-2)52(76)58-38(26-27-42(71)72)49(73)66-48-36(12)82-57(81)47(35(11)18-6)65-51(75)40(30-68)60-53(77)44(32(8)15-3)62-50(74)39(29-67)59-54(78)45(33(9)16-4)63-55(79)46(34(10)17-5)64-56(48)80/h31-40,43-48,67-69H,13-30H2,1-12H3,(H,58,76)(H,59,78)(H,60,77)(H,61,70)(H,62,74)(H,63,79)(H,64,80)(H,65,75)(H,66,73)(H,71,72). The molecule has 1 saturated heterocycles. The average molecular weight is 1170 g/mol. The first-order valence-corrected chi connectivity index (χ1v) is 29.7. The first kappa shape index (κ1) is 74.1. The highest BCUT2D eigenvalue weighted by Gasteiger charge is 2.41. The summed E-state index contributed by atoms with van der Waals surface area (Å²) in [5.74, 6) is -14.4. The maximum absolute atomic E-state index is 14.8. The second-order valence-electron chi connectivity index (χ2n) is 22.3. The van der Waals surface area contributed by atoms with E-state index in [9.17, 15) is 73.2 Å². The van der Waals surface area contributed by atoms with Gasteiger partial charge in [0.2, 0.25) is 53.2 Å². The molecule has 16 unspecified atom stereocenters. The first-order chi connectivity index (χ1) is 38.7. The molecule has 0 saturated carbocycles. The Balaban J connectivity index is 4.00. The number of carbonyl (C=O) groups is 11. The van der Waals surface area contributed by atoms with Crippen LogP contribution in [0.25, 0.3) is 0 Å². The van der Waals surface area contributed by atoms with E-state index < -0.39 is 187 Å². The summed E-state index contributed by atoms with van der Waals surface area (Å²) in [6.45, 7) is 18.1. The van der Waals surface area contributed by atoms with Gasteiger partial charge in [0.25, 0.3) is 0 Å². The maximum atomic E-state index is 14.8. The molecule has 1 fully saturated rings. The Morgan fingerprint density at radius 3 is 1.41 bits per heavy atom. The van der Waals surface area contributed by atoms with Crippen LogP contribution in [0.1, 0.15) is 186 Å². The van der Waals surface area contributed by atoms with Crippen molar-refractivity contribution < 1.29 is 77.9 Å².